The largest absolute Gasteiger partial charge is 0.490 e. The second-order valence-electron chi connectivity index (χ2n) is 9.03. The minimum atomic E-state index is 0.662. The Morgan fingerprint density at radius 2 is 1.38 bits per heavy atom. The van der Waals surface area contributed by atoms with Gasteiger partial charge >= 0.3 is 0 Å². The number of allylic oxidation sites excluding steroid dienone is 1. The molecule has 4 nitrogen and oxygen atoms in total. The highest BCUT2D eigenvalue weighted by Gasteiger charge is 2.03. The van der Waals surface area contributed by atoms with E-state index in [1.807, 2.05) is 0 Å². The molecule has 0 aliphatic rings. The molecule has 0 saturated carbocycles. The highest BCUT2D eigenvalue weighted by atomic mass is 16.5. The summed E-state index contributed by atoms with van der Waals surface area (Å²) in [6.07, 6.45) is 24.0. The lowest BCUT2D eigenvalue weighted by molar-refractivity contribution is 0.130. The van der Waals surface area contributed by atoms with E-state index < -0.39 is 0 Å². The van der Waals surface area contributed by atoms with Crippen molar-refractivity contribution in [2.75, 3.05) is 19.8 Å². The fourth-order valence-corrected chi connectivity index (χ4v) is 3.84. The Kier molecular flexibility index (Phi) is 15.8. The van der Waals surface area contributed by atoms with Crippen LogP contribution in [0.25, 0.3) is 11.4 Å². The van der Waals surface area contributed by atoms with Gasteiger partial charge in [0.1, 0.15) is 0 Å². The number of rotatable bonds is 20. The molecule has 0 spiro atoms. The average molecular weight is 467 g/mol. The summed E-state index contributed by atoms with van der Waals surface area (Å²) in [7, 11) is 0. The molecule has 0 saturated heterocycles. The molecule has 34 heavy (non-hydrogen) atoms. The van der Waals surface area contributed by atoms with Gasteiger partial charge in [-0.15, -0.1) is 0 Å². The third kappa shape index (κ3) is 12.9. The predicted octanol–water partition coefficient (Wildman–Crippen LogP) is 8.36. The van der Waals surface area contributed by atoms with Crippen LogP contribution in [0.1, 0.15) is 96.5 Å². The quantitative estimate of drug-likeness (QED) is 0.145. The van der Waals surface area contributed by atoms with Crippen molar-refractivity contribution < 1.29 is 9.47 Å². The summed E-state index contributed by atoms with van der Waals surface area (Å²) >= 11 is 0. The molecular formula is C30H46N2O2. The maximum atomic E-state index is 5.79. The molecule has 0 fully saturated rings. The standard InChI is InChI=1S/C30H46N2O2/c1-3-5-6-7-8-9-10-11-12-16-24-34-29-25-31-30(32-26-29)28-20-18-27(19-21-28)17-14-13-15-23-33-22-4-2/h11-12,18-21,25-26H,3-10,13-17,22-24H2,1-2H3. The smallest absolute Gasteiger partial charge is 0.159 e. The van der Waals surface area contributed by atoms with Crippen LogP contribution in [0.3, 0.4) is 0 Å². The van der Waals surface area contributed by atoms with Crippen molar-refractivity contribution in [3.63, 3.8) is 0 Å². The van der Waals surface area contributed by atoms with E-state index in [1.165, 1.54) is 63.4 Å². The fourth-order valence-electron chi connectivity index (χ4n) is 3.84. The van der Waals surface area contributed by atoms with Crippen LogP contribution in [0.5, 0.6) is 5.75 Å². The molecular weight excluding hydrogens is 420 g/mol. The summed E-state index contributed by atoms with van der Waals surface area (Å²) in [4.78, 5) is 8.98. The lowest BCUT2D eigenvalue weighted by Gasteiger charge is -2.06. The zero-order valence-corrected chi connectivity index (χ0v) is 21.6. The molecule has 1 heterocycles. The zero-order chi connectivity index (χ0) is 24.1. The van der Waals surface area contributed by atoms with Crippen LogP contribution in [0.15, 0.2) is 48.8 Å². The number of benzene rings is 1. The number of aromatic nitrogens is 2. The molecule has 0 unspecified atom stereocenters. The number of aryl methyl sites for hydroxylation is 1. The van der Waals surface area contributed by atoms with Crippen molar-refractivity contribution in [2.45, 2.75) is 97.3 Å². The lowest BCUT2D eigenvalue weighted by Crippen LogP contribution is -1.98. The third-order valence-electron chi connectivity index (χ3n) is 5.89. The molecule has 0 N–H and O–H groups in total. The van der Waals surface area contributed by atoms with E-state index in [0.29, 0.717) is 6.61 Å². The first-order chi connectivity index (χ1) is 16.8. The second kappa shape index (κ2) is 19.1. The van der Waals surface area contributed by atoms with Crippen LogP contribution in [0.4, 0.5) is 0 Å². The Hall–Kier alpha value is -2.20. The SMILES string of the molecule is CCCCCCCCC=CCCOc1cnc(-c2ccc(CCCCCOCCC)cc2)nc1. The van der Waals surface area contributed by atoms with Gasteiger partial charge in [0.2, 0.25) is 0 Å². The lowest BCUT2D eigenvalue weighted by atomic mass is 10.0. The molecule has 0 aliphatic heterocycles. The number of unbranched alkanes of at least 4 members (excludes halogenated alkanes) is 8. The molecule has 4 heteroatoms. The van der Waals surface area contributed by atoms with E-state index >= 15 is 0 Å². The van der Waals surface area contributed by atoms with Gasteiger partial charge in [0, 0.05) is 18.8 Å². The Bertz CT molecular complexity index is 756. The highest BCUT2D eigenvalue weighted by Crippen LogP contribution is 2.18. The fraction of sp³-hybridized carbons (Fsp3) is 0.600. The first-order valence-electron chi connectivity index (χ1n) is 13.6. The third-order valence-corrected chi connectivity index (χ3v) is 5.89. The van der Waals surface area contributed by atoms with E-state index in [0.717, 1.165) is 56.0 Å². The Labute approximate surface area is 208 Å². The molecule has 188 valence electrons. The number of ether oxygens (including phenoxy) is 2. The van der Waals surface area contributed by atoms with E-state index in [-0.39, 0.29) is 0 Å². The van der Waals surface area contributed by atoms with Gasteiger partial charge in [0.15, 0.2) is 11.6 Å². The van der Waals surface area contributed by atoms with Crippen molar-refractivity contribution in [3.05, 3.63) is 54.4 Å². The molecule has 1 aromatic heterocycles. The number of nitrogens with zero attached hydrogens (tertiary/aromatic N) is 2. The molecule has 0 amide bonds. The monoisotopic (exact) mass is 466 g/mol. The Morgan fingerprint density at radius 3 is 2.15 bits per heavy atom. The van der Waals surface area contributed by atoms with Gasteiger partial charge in [0.25, 0.3) is 0 Å². The molecule has 0 atom stereocenters. The topological polar surface area (TPSA) is 44.2 Å². The average Bonchev–Trinajstić information content (AvgIpc) is 2.87. The predicted molar refractivity (Wildman–Crippen MR) is 143 cm³/mol. The Morgan fingerprint density at radius 1 is 0.676 bits per heavy atom. The molecule has 0 radical (unpaired) electrons. The van der Waals surface area contributed by atoms with Crippen LogP contribution in [-0.2, 0) is 11.2 Å². The van der Waals surface area contributed by atoms with Crippen LogP contribution in [0.2, 0.25) is 0 Å². The van der Waals surface area contributed by atoms with Gasteiger partial charge in [-0.3, -0.25) is 0 Å². The van der Waals surface area contributed by atoms with Crippen molar-refractivity contribution in [1.82, 2.24) is 9.97 Å². The summed E-state index contributed by atoms with van der Waals surface area (Å²) < 4.78 is 11.3. The molecule has 1 aromatic carbocycles. The number of hydrogen-bond acceptors (Lipinski definition) is 4. The first kappa shape index (κ1) is 28.0. The zero-order valence-electron chi connectivity index (χ0n) is 21.6. The summed E-state index contributed by atoms with van der Waals surface area (Å²) in [6, 6.07) is 8.61. The van der Waals surface area contributed by atoms with E-state index in [2.05, 4.69) is 60.2 Å². The molecule has 2 rings (SSSR count). The van der Waals surface area contributed by atoms with Gasteiger partial charge in [-0.25, -0.2) is 9.97 Å². The normalized spacial score (nSPS) is 11.4. The van der Waals surface area contributed by atoms with Gasteiger partial charge in [-0.1, -0.05) is 88.8 Å². The highest BCUT2D eigenvalue weighted by molar-refractivity contribution is 5.55. The van der Waals surface area contributed by atoms with Crippen LogP contribution >= 0.6 is 0 Å². The van der Waals surface area contributed by atoms with Crippen LogP contribution in [-0.4, -0.2) is 29.8 Å². The maximum absolute atomic E-state index is 5.79. The van der Waals surface area contributed by atoms with Crippen molar-refractivity contribution in [3.8, 4) is 17.1 Å². The molecule has 0 bridgehead atoms. The Balaban J connectivity index is 1.59. The van der Waals surface area contributed by atoms with Crippen molar-refractivity contribution in [1.29, 1.82) is 0 Å². The number of hydrogen-bond donors (Lipinski definition) is 0. The summed E-state index contributed by atoms with van der Waals surface area (Å²) in [5, 5.41) is 0. The van der Waals surface area contributed by atoms with Gasteiger partial charge in [-0.05, 0) is 50.5 Å². The van der Waals surface area contributed by atoms with Gasteiger partial charge in [0.05, 0.1) is 19.0 Å². The molecule has 0 aliphatic carbocycles. The van der Waals surface area contributed by atoms with Crippen molar-refractivity contribution >= 4 is 0 Å². The minimum Gasteiger partial charge on any atom is -0.490 e. The van der Waals surface area contributed by atoms with Crippen LogP contribution in [0, 0.1) is 0 Å². The summed E-state index contributed by atoms with van der Waals surface area (Å²) in [6.45, 7) is 6.84. The van der Waals surface area contributed by atoms with E-state index in [4.69, 9.17) is 9.47 Å². The van der Waals surface area contributed by atoms with Gasteiger partial charge < -0.3 is 9.47 Å². The van der Waals surface area contributed by atoms with Crippen molar-refractivity contribution in [2.24, 2.45) is 0 Å². The molecule has 2 aromatic rings. The minimum absolute atomic E-state index is 0.662. The summed E-state index contributed by atoms with van der Waals surface area (Å²) in [5.41, 5.74) is 2.41. The van der Waals surface area contributed by atoms with E-state index in [9.17, 15) is 0 Å². The second-order valence-corrected chi connectivity index (χ2v) is 9.03. The van der Waals surface area contributed by atoms with Crippen LogP contribution < -0.4 is 4.74 Å². The first-order valence-corrected chi connectivity index (χ1v) is 13.6. The van der Waals surface area contributed by atoms with E-state index in [1.54, 1.807) is 12.4 Å². The summed E-state index contributed by atoms with van der Waals surface area (Å²) in [5.74, 6) is 1.47. The maximum Gasteiger partial charge on any atom is 0.159 e. The van der Waals surface area contributed by atoms with Gasteiger partial charge in [-0.2, -0.15) is 0 Å².